The summed E-state index contributed by atoms with van der Waals surface area (Å²) < 4.78 is 5.56. The van der Waals surface area contributed by atoms with E-state index in [4.69, 9.17) is 4.74 Å². The quantitative estimate of drug-likeness (QED) is 0.812. The number of ether oxygens (including phenoxy) is 1. The minimum atomic E-state index is 0.678. The van der Waals surface area contributed by atoms with Crippen LogP contribution in [0.4, 0.5) is 0 Å². The van der Waals surface area contributed by atoms with E-state index in [1.807, 2.05) is 0 Å². The fourth-order valence-electron chi connectivity index (χ4n) is 3.22. The molecule has 0 saturated carbocycles. The Hall–Kier alpha value is -0.120. The summed E-state index contributed by atoms with van der Waals surface area (Å²) in [6.45, 7) is 11.2. The molecule has 100 valence electrons. The van der Waals surface area contributed by atoms with E-state index in [0.717, 1.165) is 25.7 Å². The normalized spacial score (nSPS) is 35.6. The fourth-order valence-corrected chi connectivity index (χ4v) is 3.22. The van der Waals surface area contributed by atoms with Gasteiger partial charge in [-0.15, -0.1) is 0 Å². The summed E-state index contributed by atoms with van der Waals surface area (Å²) in [4.78, 5) is 2.72. The van der Waals surface area contributed by atoms with Gasteiger partial charge in [-0.05, 0) is 25.2 Å². The maximum atomic E-state index is 5.56. The van der Waals surface area contributed by atoms with Crippen LogP contribution in [0.2, 0.25) is 0 Å². The Morgan fingerprint density at radius 2 is 2.24 bits per heavy atom. The lowest BCUT2D eigenvalue weighted by Crippen LogP contribution is -2.59. The maximum absolute atomic E-state index is 5.56. The standard InChI is InChI=1S/C14H28N2O/c1-4-13-8-15-12(7-11(2)3)9-16(13)14-5-6-17-10-14/h11-15H,4-10H2,1-3H3. The van der Waals surface area contributed by atoms with Gasteiger partial charge in [0, 0.05) is 37.8 Å². The molecule has 0 bridgehead atoms. The molecule has 0 spiro atoms. The second-order valence-electron chi connectivity index (χ2n) is 6.01. The Morgan fingerprint density at radius 1 is 1.41 bits per heavy atom. The van der Waals surface area contributed by atoms with Crippen molar-refractivity contribution >= 4 is 0 Å². The smallest absolute Gasteiger partial charge is 0.0622 e. The van der Waals surface area contributed by atoms with Crippen LogP contribution in [0.3, 0.4) is 0 Å². The predicted molar refractivity (Wildman–Crippen MR) is 71.3 cm³/mol. The summed E-state index contributed by atoms with van der Waals surface area (Å²) in [6, 6.07) is 2.07. The zero-order chi connectivity index (χ0) is 12.3. The number of hydrogen-bond acceptors (Lipinski definition) is 3. The average molecular weight is 240 g/mol. The van der Waals surface area contributed by atoms with Gasteiger partial charge >= 0.3 is 0 Å². The molecule has 3 nitrogen and oxygen atoms in total. The number of nitrogens with one attached hydrogen (secondary N) is 1. The highest BCUT2D eigenvalue weighted by atomic mass is 16.5. The third-order valence-corrected chi connectivity index (χ3v) is 4.14. The van der Waals surface area contributed by atoms with Crippen molar-refractivity contribution in [1.29, 1.82) is 0 Å². The number of hydrogen-bond donors (Lipinski definition) is 1. The van der Waals surface area contributed by atoms with Crippen molar-refractivity contribution in [2.45, 2.75) is 58.2 Å². The first kappa shape index (κ1) is 13.3. The number of rotatable bonds is 4. The maximum Gasteiger partial charge on any atom is 0.0622 e. The van der Waals surface area contributed by atoms with Crippen LogP contribution in [0, 0.1) is 5.92 Å². The summed E-state index contributed by atoms with van der Waals surface area (Å²) in [5.74, 6) is 0.785. The van der Waals surface area contributed by atoms with Crippen molar-refractivity contribution in [2.75, 3.05) is 26.3 Å². The highest BCUT2D eigenvalue weighted by Crippen LogP contribution is 2.22. The van der Waals surface area contributed by atoms with Gasteiger partial charge in [-0.3, -0.25) is 4.90 Å². The van der Waals surface area contributed by atoms with E-state index in [9.17, 15) is 0 Å². The van der Waals surface area contributed by atoms with E-state index in [-0.39, 0.29) is 0 Å². The van der Waals surface area contributed by atoms with Crippen LogP contribution in [-0.4, -0.2) is 49.3 Å². The lowest BCUT2D eigenvalue weighted by molar-refractivity contribution is 0.0636. The lowest BCUT2D eigenvalue weighted by Gasteiger charge is -2.43. The Labute approximate surface area is 106 Å². The van der Waals surface area contributed by atoms with Gasteiger partial charge in [0.2, 0.25) is 0 Å². The zero-order valence-corrected chi connectivity index (χ0v) is 11.6. The minimum Gasteiger partial charge on any atom is -0.380 e. The molecule has 0 aliphatic carbocycles. The van der Waals surface area contributed by atoms with E-state index in [1.165, 1.54) is 25.8 Å². The van der Waals surface area contributed by atoms with Crippen LogP contribution in [0.5, 0.6) is 0 Å². The van der Waals surface area contributed by atoms with E-state index in [1.54, 1.807) is 0 Å². The molecule has 0 aromatic carbocycles. The van der Waals surface area contributed by atoms with Gasteiger partial charge in [-0.1, -0.05) is 20.8 Å². The Bertz CT molecular complexity index is 224. The molecule has 0 radical (unpaired) electrons. The molecule has 17 heavy (non-hydrogen) atoms. The molecule has 0 amide bonds. The first-order chi connectivity index (χ1) is 8.20. The molecular formula is C14H28N2O. The molecule has 0 aromatic rings. The van der Waals surface area contributed by atoms with Gasteiger partial charge in [0.15, 0.2) is 0 Å². The summed E-state index contributed by atoms with van der Waals surface area (Å²) >= 11 is 0. The van der Waals surface area contributed by atoms with Gasteiger partial charge < -0.3 is 10.1 Å². The summed E-state index contributed by atoms with van der Waals surface area (Å²) in [5, 5.41) is 3.72. The Kier molecular flexibility index (Phi) is 4.83. The van der Waals surface area contributed by atoms with Crippen LogP contribution < -0.4 is 5.32 Å². The fraction of sp³-hybridized carbons (Fsp3) is 1.00. The van der Waals surface area contributed by atoms with Gasteiger partial charge in [0.25, 0.3) is 0 Å². The van der Waals surface area contributed by atoms with Crippen LogP contribution in [0.1, 0.15) is 40.0 Å². The first-order valence-electron chi connectivity index (χ1n) is 7.27. The molecular weight excluding hydrogens is 212 g/mol. The van der Waals surface area contributed by atoms with E-state index < -0.39 is 0 Å². The Balaban J connectivity index is 1.93. The van der Waals surface area contributed by atoms with Gasteiger partial charge in [0.1, 0.15) is 0 Å². The molecule has 2 rings (SSSR count). The van der Waals surface area contributed by atoms with Crippen molar-refractivity contribution in [3.8, 4) is 0 Å². The number of piperazine rings is 1. The predicted octanol–water partition coefficient (Wildman–Crippen LogP) is 1.87. The molecule has 0 aromatic heterocycles. The summed E-state index contributed by atoms with van der Waals surface area (Å²) in [7, 11) is 0. The molecule has 2 fully saturated rings. The number of nitrogens with zero attached hydrogens (tertiary/aromatic N) is 1. The van der Waals surface area contributed by atoms with Gasteiger partial charge in [0.05, 0.1) is 6.61 Å². The zero-order valence-electron chi connectivity index (χ0n) is 11.6. The Morgan fingerprint density at radius 3 is 2.82 bits per heavy atom. The highest BCUT2D eigenvalue weighted by Gasteiger charge is 2.33. The van der Waals surface area contributed by atoms with Crippen molar-refractivity contribution < 1.29 is 4.74 Å². The molecule has 3 unspecified atom stereocenters. The molecule has 2 aliphatic heterocycles. The van der Waals surface area contributed by atoms with Gasteiger partial charge in [-0.25, -0.2) is 0 Å². The van der Waals surface area contributed by atoms with Crippen molar-refractivity contribution in [3.05, 3.63) is 0 Å². The third-order valence-electron chi connectivity index (χ3n) is 4.14. The van der Waals surface area contributed by atoms with Crippen LogP contribution in [0.15, 0.2) is 0 Å². The average Bonchev–Trinajstić information content (AvgIpc) is 2.81. The van der Waals surface area contributed by atoms with Gasteiger partial charge in [-0.2, -0.15) is 0 Å². The topological polar surface area (TPSA) is 24.5 Å². The molecule has 3 heteroatoms. The molecule has 2 aliphatic rings. The third kappa shape index (κ3) is 3.43. The summed E-state index contributed by atoms with van der Waals surface area (Å²) in [5.41, 5.74) is 0. The van der Waals surface area contributed by atoms with Crippen LogP contribution in [-0.2, 0) is 4.74 Å². The highest BCUT2D eigenvalue weighted by molar-refractivity contribution is 4.90. The monoisotopic (exact) mass is 240 g/mol. The first-order valence-corrected chi connectivity index (χ1v) is 7.27. The van der Waals surface area contributed by atoms with E-state index in [2.05, 4.69) is 31.0 Å². The summed E-state index contributed by atoms with van der Waals surface area (Å²) in [6.07, 6.45) is 3.77. The van der Waals surface area contributed by atoms with Crippen LogP contribution >= 0.6 is 0 Å². The van der Waals surface area contributed by atoms with Crippen molar-refractivity contribution in [1.82, 2.24) is 10.2 Å². The second kappa shape index (κ2) is 6.17. The molecule has 2 heterocycles. The SMILES string of the molecule is CCC1CNC(CC(C)C)CN1C1CCOC1. The lowest BCUT2D eigenvalue weighted by atomic mass is 9.97. The molecule has 1 N–H and O–H groups in total. The second-order valence-corrected chi connectivity index (χ2v) is 6.01. The molecule has 3 atom stereocenters. The van der Waals surface area contributed by atoms with Crippen molar-refractivity contribution in [2.24, 2.45) is 5.92 Å². The van der Waals surface area contributed by atoms with Crippen molar-refractivity contribution in [3.63, 3.8) is 0 Å². The van der Waals surface area contributed by atoms with E-state index >= 15 is 0 Å². The minimum absolute atomic E-state index is 0.678. The van der Waals surface area contributed by atoms with Crippen LogP contribution in [0.25, 0.3) is 0 Å². The molecule has 2 saturated heterocycles. The largest absolute Gasteiger partial charge is 0.380 e. The van der Waals surface area contributed by atoms with E-state index in [0.29, 0.717) is 18.1 Å².